The van der Waals surface area contributed by atoms with Crippen molar-refractivity contribution in [3.8, 4) is 17.1 Å². The fourth-order valence-electron chi connectivity index (χ4n) is 4.19. The van der Waals surface area contributed by atoms with Crippen LogP contribution in [0.5, 0.6) is 5.88 Å². The van der Waals surface area contributed by atoms with Gasteiger partial charge in [-0.3, -0.25) is 9.08 Å². The number of rotatable bonds is 5. The molecule has 8 nitrogen and oxygen atoms in total. The predicted molar refractivity (Wildman–Crippen MR) is 107 cm³/mol. The lowest BCUT2D eigenvalue weighted by Gasteiger charge is -2.13. The van der Waals surface area contributed by atoms with Gasteiger partial charge in [0.15, 0.2) is 11.5 Å². The lowest BCUT2D eigenvalue weighted by Crippen LogP contribution is -2.09. The summed E-state index contributed by atoms with van der Waals surface area (Å²) in [4.78, 5) is 9.00. The second-order valence-electron chi connectivity index (χ2n) is 7.61. The molecule has 4 aromatic rings. The SMILES string of the molecule is Cc1nnc(-c2ccccc2F)c2nc(OCc3ncnn3C)c(C3CCCC3)n12. The molecular weight excluding hydrogens is 385 g/mol. The van der Waals surface area contributed by atoms with E-state index < -0.39 is 0 Å². The van der Waals surface area contributed by atoms with Crippen LogP contribution in [0.2, 0.25) is 0 Å². The zero-order valence-corrected chi connectivity index (χ0v) is 16.9. The molecule has 1 aliphatic carbocycles. The Hall–Kier alpha value is -3.36. The molecule has 0 amide bonds. The topological polar surface area (TPSA) is 83.0 Å². The van der Waals surface area contributed by atoms with E-state index in [1.807, 2.05) is 18.4 Å². The fraction of sp³-hybridized carbons (Fsp3) is 0.381. The van der Waals surface area contributed by atoms with Gasteiger partial charge < -0.3 is 4.74 Å². The summed E-state index contributed by atoms with van der Waals surface area (Å²) < 4.78 is 24.3. The first-order valence-electron chi connectivity index (χ1n) is 10.1. The first kappa shape index (κ1) is 18.7. The monoisotopic (exact) mass is 407 g/mol. The van der Waals surface area contributed by atoms with Crippen LogP contribution in [0.3, 0.4) is 0 Å². The van der Waals surface area contributed by atoms with Gasteiger partial charge >= 0.3 is 0 Å². The first-order chi connectivity index (χ1) is 14.6. The van der Waals surface area contributed by atoms with Gasteiger partial charge in [0, 0.05) is 18.5 Å². The van der Waals surface area contributed by atoms with E-state index >= 15 is 0 Å². The highest BCUT2D eigenvalue weighted by molar-refractivity contribution is 5.75. The Morgan fingerprint density at radius 1 is 1.17 bits per heavy atom. The Labute approximate surface area is 172 Å². The Balaban J connectivity index is 1.67. The highest BCUT2D eigenvalue weighted by atomic mass is 19.1. The molecule has 3 heterocycles. The van der Waals surface area contributed by atoms with Crippen molar-refractivity contribution in [2.24, 2.45) is 7.05 Å². The van der Waals surface area contributed by atoms with E-state index in [0.717, 1.165) is 18.5 Å². The number of benzene rings is 1. The number of fused-ring (bicyclic) bond motifs is 1. The van der Waals surface area contributed by atoms with Crippen molar-refractivity contribution in [3.05, 3.63) is 53.8 Å². The first-order valence-corrected chi connectivity index (χ1v) is 10.1. The molecule has 3 aromatic heterocycles. The maximum absolute atomic E-state index is 14.5. The van der Waals surface area contributed by atoms with Crippen LogP contribution in [0, 0.1) is 12.7 Å². The van der Waals surface area contributed by atoms with E-state index in [2.05, 4.69) is 20.3 Å². The third kappa shape index (κ3) is 3.10. The highest BCUT2D eigenvalue weighted by Crippen LogP contribution is 2.40. The zero-order valence-electron chi connectivity index (χ0n) is 16.9. The largest absolute Gasteiger partial charge is 0.468 e. The molecule has 1 fully saturated rings. The van der Waals surface area contributed by atoms with Crippen molar-refractivity contribution in [2.45, 2.75) is 45.1 Å². The van der Waals surface area contributed by atoms with Crippen LogP contribution in [-0.2, 0) is 13.7 Å². The Bertz CT molecular complexity index is 1210. The van der Waals surface area contributed by atoms with Crippen LogP contribution in [0.4, 0.5) is 4.39 Å². The van der Waals surface area contributed by atoms with E-state index in [1.54, 1.807) is 22.9 Å². The minimum atomic E-state index is -0.357. The maximum atomic E-state index is 14.5. The van der Waals surface area contributed by atoms with Crippen molar-refractivity contribution in [1.29, 1.82) is 0 Å². The normalized spacial score (nSPS) is 14.6. The van der Waals surface area contributed by atoms with Crippen molar-refractivity contribution in [1.82, 2.24) is 34.3 Å². The average Bonchev–Trinajstić information content (AvgIpc) is 3.47. The Kier molecular flexibility index (Phi) is 4.65. The molecule has 1 saturated carbocycles. The number of nitrogens with zero attached hydrogens (tertiary/aromatic N) is 7. The highest BCUT2D eigenvalue weighted by Gasteiger charge is 2.29. The summed E-state index contributed by atoms with van der Waals surface area (Å²) in [6, 6.07) is 6.55. The van der Waals surface area contributed by atoms with Gasteiger partial charge in [-0.2, -0.15) is 10.1 Å². The smallest absolute Gasteiger partial charge is 0.236 e. The third-order valence-corrected chi connectivity index (χ3v) is 5.72. The minimum Gasteiger partial charge on any atom is -0.468 e. The predicted octanol–water partition coefficient (Wildman–Crippen LogP) is 3.60. The van der Waals surface area contributed by atoms with Gasteiger partial charge in [-0.15, -0.1) is 10.2 Å². The number of aromatic nitrogens is 7. The molecule has 1 aliphatic rings. The molecule has 5 rings (SSSR count). The standard InChI is InChI=1S/C21H22FN7O/c1-13-26-27-18(15-9-5-6-10-16(15)22)20-25-21(30-11-17-23-12-24-28(17)2)19(29(13)20)14-7-3-4-8-14/h5-6,9-10,12,14H,3-4,7-8,11H2,1-2H3. The van der Waals surface area contributed by atoms with Gasteiger partial charge in [-0.25, -0.2) is 9.37 Å². The number of ether oxygens (including phenoxy) is 1. The van der Waals surface area contributed by atoms with Crippen LogP contribution in [0.15, 0.2) is 30.6 Å². The van der Waals surface area contributed by atoms with Crippen molar-refractivity contribution >= 4 is 5.65 Å². The van der Waals surface area contributed by atoms with Gasteiger partial charge in [-0.05, 0) is 31.9 Å². The molecule has 0 unspecified atom stereocenters. The Morgan fingerprint density at radius 2 is 1.97 bits per heavy atom. The zero-order chi connectivity index (χ0) is 20.7. The summed E-state index contributed by atoms with van der Waals surface area (Å²) in [5, 5.41) is 12.7. The molecule has 0 spiro atoms. The number of hydrogen-bond donors (Lipinski definition) is 0. The van der Waals surface area contributed by atoms with E-state index in [1.165, 1.54) is 25.2 Å². The molecule has 0 N–H and O–H groups in total. The van der Waals surface area contributed by atoms with Crippen LogP contribution >= 0.6 is 0 Å². The Morgan fingerprint density at radius 3 is 2.70 bits per heavy atom. The van der Waals surface area contributed by atoms with Gasteiger partial charge in [0.1, 0.15) is 30.3 Å². The van der Waals surface area contributed by atoms with Crippen LogP contribution in [0.1, 0.15) is 48.9 Å². The molecule has 0 saturated heterocycles. The second-order valence-corrected chi connectivity index (χ2v) is 7.61. The number of halogens is 1. The van der Waals surface area contributed by atoms with Gasteiger partial charge in [0.2, 0.25) is 5.88 Å². The summed E-state index contributed by atoms with van der Waals surface area (Å²) in [5.74, 6) is 1.88. The molecule has 0 bridgehead atoms. The molecular formula is C21H22FN7O. The molecule has 30 heavy (non-hydrogen) atoms. The van der Waals surface area contributed by atoms with Crippen LogP contribution in [-0.4, -0.2) is 34.3 Å². The summed E-state index contributed by atoms with van der Waals surface area (Å²) >= 11 is 0. The molecule has 0 radical (unpaired) electrons. The van der Waals surface area contributed by atoms with Crippen LogP contribution < -0.4 is 4.74 Å². The van der Waals surface area contributed by atoms with Crippen molar-refractivity contribution in [2.75, 3.05) is 0 Å². The van der Waals surface area contributed by atoms with E-state index in [-0.39, 0.29) is 12.4 Å². The average molecular weight is 407 g/mol. The molecule has 1 aromatic carbocycles. The van der Waals surface area contributed by atoms with E-state index in [4.69, 9.17) is 9.72 Å². The summed E-state index contributed by atoms with van der Waals surface area (Å²) in [6.07, 6.45) is 5.95. The summed E-state index contributed by atoms with van der Waals surface area (Å²) in [5.41, 5.74) is 2.32. The summed E-state index contributed by atoms with van der Waals surface area (Å²) in [7, 11) is 1.82. The second kappa shape index (κ2) is 7.47. The summed E-state index contributed by atoms with van der Waals surface area (Å²) in [6.45, 7) is 2.13. The van der Waals surface area contributed by atoms with Crippen LogP contribution in [0.25, 0.3) is 16.9 Å². The quantitative estimate of drug-likeness (QED) is 0.503. The lowest BCUT2D eigenvalue weighted by atomic mass is 10.0. The van der Waals surface area contributed by atoms with Crippen molar-refractivity contribution < 1.29 is 9.13 Å². The van der Waals surface area contributed by atoms with Gasteiger partial charge in [0.05, 0.1) is 5.69 Å². The van der Waals surface area contributed by atoms with Crippen molar-refractivity contribution in [3.63, 3.8) is 0 Å². The molecule has 0 aliphatic heterocycles. The molecule has 154 valence electrons. The van der Waals surface area contributed by atoms with Gasteiger partial charge in [0.25, 0.3) is 0 Å². The number of aryl methyl sites for hydroxylation is 2. The molecule has 0 atom stereocenters. The maximum Gasteiger partial charge on any atom is 0.236 e. The third-order valence-electron chi connectivity index (χ3n) is 5.72. The molecule has 9 heteroatoms. The lowest BCUT2D eigenvalue weighted by molar-refractivity contribution is 0.275. The number of imidazole rings is 1. The fourth-order valence-corrected chi connectivity index (χ4v) is 4.19. The van der Waals surface area contributed by atoms with E-state index in [0.29, 0.717) is 40.4 Å². The van der Waals surface area contributed by atoms with Gasteiger partial charge in [-0.1, -0.05) is 25.0 Å². The van der Waals surface area contributed by atoms with E-state index in [9.17, 15) is 4.39 Å². The minimum absolute atomic E-state index is 0.245. The number of hydrogen-bond acceptors (Lipinski definition) is 6.